The Balaban J connectivity index is 1.51. The number of pyridine rings is 1. The normalized spacial score (nSPS) is 17.7. The minimum absolute atomic E-state index is 0.147. The van der Waals surface area contributed by atoms with Gasteiger partial charge in [0.1, 0.15) is 18.4 Å². The molecule has 33 heavy (non-hydrogen) atoms. The summed E-state index contributed by atoms with van der Waals surface area (Å²) in [5.41, 5.74) is 4.38. The highest BCUT2D eigenvalue weighted by Crippen LogP contribution is 2.29. The smallest absolute Gasteiger partial charge is 0.163 e. The predicted octanol–water partition coefficient (Wildman–Crippen LogP) is 3.49. The van der Waals surface area contributed by atoms with Crippen LogP contribution in [0, 0.1) is 0 Å². The molecular weight excluding hydrogens is 440 g/mol. The fraction of sp³-hybridized carbons (Fsp3) is 0.292. The number of para-hydroxylation sites is 1. The molecule has 0 spiro atoms. The number of ether oxygens (including phenoxy) is 1. The summed E-state index contributed by atoms with van der Waals surface area (Å²) in [4.78, 5) is 13.3. The lowest BCUT2D eigenvalue weighted by Crippen LogP contribution is -2.29. The number of aromatic nitrogens is 3. The molecule has 2 unspecified atom stereocenters. The second-order valence-corrected chi connectivity index (χ2v) is 8.25. The Morgan fingerprint density at radius 1 is 1.21 bits per heavy atom. The summed E-state index contributed by atoms with van der Waals surface area (Å²) in [6, 6.07) is 9.77. The van der Waals surface area contributed by atoms with Crippen molar-refractivity contribution in [3.05, 3.63) is 77.0 Å². The van der Waals surface area contributed by atoms with E-state index in [1.165, 1.54) is 6.33 Å². The van der Waals surface area contributed by atoms with Crippen LogP contribution in [0.3, 0.4) is 0 Å². The van der Waals surface area contributed by atoms with Crippen molar-refractivity contribution >= 4 is 33.9 Å². The summed E-state index contributed by atoms with van der Waals surface area (Å²) in [5.74, 6) is 0.861. The Hall–Kier alpha value is -3.04. The molecule has 8 nitrogen and oxygen atoms in total. The van der Waals surface area contributed by atoms with Gasteiger partial charge in [0.15, 0.2) is 6.23 Å². The summed E-state index contributed by atoms with van der Waals surface area (Å²) < 4.78 is 5.25. The van der Waals surface area contributed by atoms with Gasteiger partial charge in [-0.2, -0.15) is 0 Å². The fourth-order valence-corrected chi connectivity index (χ4v) is 4.10. The number of aliphatic hydroxyl groups is 1. The van der Waals surface area contributed by atoms with Gasteiger partial charge in [0.05, 0.1) is 16.2 Å². The van der Waals surface area contributed by atoms with Gasteiger partial charge in [-0.3, -0.25) is 10.3 Å². The third-order valence-corrected chi connectivity index (χ3v) is 5.96. The van der Waals surface area contributed by atoms with Gasteiger partial charge in [-0.1, -0.05) is 36.7 Å². The molecule has 0 saturated carbocycles. The molecule has 0 saturated heterocycles. The zero-order chi connectivity index (χ0) is 23.4. The number of nitrogens with one attached hydrogen (secondary N) is 3. The van der Waals surface area contributed by atoms with Crippen LogP contribution in [0.25, 0.3) is 16.5 Å². The first-order valence-electron chi connectivity index (χ1n) is 10.7. The summed E-state index contributed by atoms with van der Waals surface area (Å²) in [6.07, 6.45) is 5.83. The number of benzene rings is 1. The Bertz CT molecular complexity index is 1200. The molecular formula is C24H27ClN6O2. The van der Waals surface area contributed by atoms with Crippen molar-refractivity contribution in [3.8, 4) is 0 Å². The lowest BCUT2D eigenvalue weighted by atomic mass is 9.96. The number of fused-ring (bicyclic) bond motifs is 1. The molecule has 0 bridgehead atoms. The minimum atomic E-state index is -0.746. The van der Waals surface area contributed by atoms with Crippen LogP contribution in [-0.2, 0) is 4.74 Å². The van der Waals surface area contributed by atoms with Gasteiger partial charge in [-0.05, 0) is 24.8 Å². The van der Waals surface area contributed by atoms with Crippen LogP contribution in [-0.4, -0.2) is 47.0 Å². The molecule has 0 amide bonds. The number of dihydropyridines is 1. The van der Waals surface area contributed by atoms with Crippen molar-refractivity contribution < 1.29 is 9.84 Å². The number of allylic oxidation sites excluding steroid dienone is 2. The van der Waals surface area contributed by atoms with E-state index in [1.807, 2.05) is 36.5 Å². The highest BCUT2D eigenvalue weighted by molar-refractivity contribution is 6.31. The van der Waals surface area contributed by atoms with E-state index < -0.39 is 6.23 Å². The number of nitrogens with zero attached hydrogens (tertiary/aromatic N) is 3. The van der Waals surface area contributed by atoms with Crippen LogP contribution >= 0.6 is 11.6 Å². The van der Waals surface area contributed by atoms with Crippen molar-refractivity contribution in [2.45, 2.75) is 25.3 Å². The van der Waals surface area contributed by atoms with Gasteiger partial charge >= 0.3 is 0 Å². The Morgan fingerprint density at radius 2 is 2.06 bits per heavy atom. The van der Waals surface area contributed by atoms with Crippen LogP contribution in [0.1, 0.15) is 35.9 Å². The SMILES string of the molecule is CNC(O)c1ccnc2c([C@H](C)CNc3cc(C4=CNC(OC)C(Cl)=C4)ncn3)cccc12. The number of aliphatic hydroxyl groups excluding tert-OH is 1. The van der Waals surface area contributed by atoms with E-state index in [-0.39, 0.29) is 12.1 Å². The maximum atomic E-state index is 10.3. The molecule has 1 aliphatic heterocycles. The van der Waals surface area contributed by atoms with Crippen molar-refractivity contribution in [2.24, 2.45) is 0 Å². The quantitative estimate of drug-likeness (QED) is 0.374. The number of hydrogen-bond acceptors (Lipinski definition) is 8. The molecule has 2 aromatic heterocycles. The zero-order valence-electron chi connectivity index (χ0n) is 18.7. The summed E-state index contributed by atoms with van der Waals surface area (Å²) in [5, 5.41) is 21.2. The van der Waals surface area contributed by atoms with Gasteiger partial charge < -0.3 is 20.5 Å². The van der Waals surface area contributed by atoms with E-state index in [2.05, 4.69) is 43.9 Å². The average molecular weight is 467 g/mol. The molecule has 0 radical (unpaired) electrons. The van der Waals surface area contributed by atoms with Crippen LogP contribution in [0.15, 0.2) is 60.2 Å². The summed E-state index contributed by atoms with van der Waals surface area (Å²) in [6.45, 7) is 2.78. The van der Waals surface area contributed by atoms with E-state index in [0.29, 0.717) is 17.4 Å². The number of anilines is 1. The number of rotatable bonds is 8. The lowest BCUT2D eigenvalue weighted by Gasteiger charge is -2.20. The molecule has 172 valence electrons. The standard InChI is InChI=1S/C24H27ClN6O2/c1-14(16-5-4-6-17-18(23(32)26-2)7-8-27-22(16)17)11-28-21-10-20(30-13-31-21)15-9-19(25)24(33-3)29-12-15/h4-10,12-14,23-24,26,29,32H,11H2,1-3H3,(H,28,30,31)/t14-,23?,24?/m1/s1. The average Bonchev–Trinajstić information content (AvgIpc) is 2.86. The highest BCUT2D eigenvalue weighted by Gasteiger charge is 2.18. The summed E-state index contributed by atoms with van der Waals surface area (Å²) >= 11 is 6.27. The summed E-state index contributed by atoms with van der Waals surface area (Å²) in [7, 11) is 3.32. The van der Waals surface area contributed by atoms with Crippen molar-refractivity contribution in [1.82, 2.24) is 25.6 Å². The monoisotopic (exact) mass is 466 g/mol. The van der Waals surface area contributed by atoms with E-state index in [1.54, 1.807) is 20.4 Å². The molecule has 4 N–H and O–H groups in total. The first-order valence-corrected chi connectivity index (χ1v) is 11.0. The first-order chi connectivity index (χ1) is 16.0. The molecule has 1 aromatic carbocycles. The molecule has 4 rings (SSSR count). The molecule has 3 atom stereocenters. The van der Waals surface area contributed by atoms with Crippen LogP contribution in [0.4, 0.5) is 5.82 Å². The van der Waals surface area contributed by atoms with E-state index in [4.69, 9.17) is 16.3 Å². The molecule has 0 fully saturated rings. The van der Waals surface area contributed by atoms with Gasteiger partial charge in [0.25, 0.3) is 0 Å². The fourth-order valence-electron chi connectivity index (χ4n) is 3.83. The van der Waals surface area contributed by atoms with Gasteiger partial charge in [0.2, 0.25) is 0 Å². The third-order valence-electron chi connectivity index (χ3n) is 5.66. The second-order valence-electron chi connectivity index (χ2n) is 7.82. The maximum absolute atomic E-state index is 10.3. The van der Waals surface area contributed by atoms with E-state index in [9.17, 15) is 5.11 Å². The zero-order valence-corrected chi connectivity index (χ0v) is 19.5. The largest absolute Gasteiger partial charge is 0.374 e. The molecule has 3 aromatic rings. The molecule has 0 aliphatic carbocycles. The topological polar surface area (TPSA) is 104 Å². The van der Waals surface area contributed by atoms with Crippen LogP contribution < -0.4 is 16.0 Å². The number of hydrogen-bond donors (Lipinski definition) is 4. The molecule has 3 heterocycles. The first kappa shape index (κ1) is 23.1. The minimum Gasteiger partial charge on any atom is -0.374 e. The van der Waals surface area contributed by atoms with Gasteiger partial charge in [-0.25, -0.2) is 9.97 Å². The molecule has 9 heteroatoms. The van der Waals surface area contributed by atoms with E-state index >= 15 is 0 Å². The third kappa shape index (κ3) is 4.99. The predicted molar refractivity (Wildman–Crippen MR) is 131 cm³/mol. The van der Waals surface area contributed by atoms with E-state index in [0.717, 1.165) is 33.3 Å². The van der Waals surface area contributed by atoms with Crippen molar-refractivity contribution in [1.29, 1.82) is 0 Å². The lowest BCUT2D eigenvalue weighted by molar-refractivity contribution is 0.120. The van der Waals surface area contributed by atoms with Gasteiger partial charge in [0, 0.05) is 54.6 Å². The van der Waals surface area contributed by atoms with Crippen molar-refractivity contribution in [3.63, 3.8) is 0 Å². The highest BCUT2D eigenvalue weighted by atomic mass is 35.5. The van der Waals surface area contributed by atoms with Crippen LogP contribution in [0.2, 0.25) is 0 Å². The molecule has 1 aliphatic rings. The Labute approximate surface area is 197 Å². The Kier molecular flexibility index (Phi) is 7.20. The van der Waals surface area contributed by atoms with Crippen molar-refractivity contribution in [2.75, 3.05) is 26.0 Å². The van der Waals surface area contributed by atoms with Crippen LogP contribution in [0.5, 0.6) is 0 Å². The maximum Gasteiger partial charge on any atom is 0.163 e. The Morgan fingerprint density at radius 3 is 2.82 bits per heavy atom. The van der Waals surface area contributed by atoms with Gasteiger partial charge in [-0.15, -0.1) is 0 Å². The number of halogens is 1. The number of methoxy groups -OCH3 is 1. The second kappa shape index (κ2) is 10.3.